The molecule has 0 aromatic rings. The maximum atomic E-state index is 7.02. The number of allylic oxidation sites excluding steroid dienone is 8. The van der Waals surface area contributed by atoms with Crippen molar-refractivity contribution in [2.75, 3.05) is 0 Å². The molecule has 0 aromatic carbocycles. The van der Waals surface area contributed by atoms with Gasteiger partial charge in [0.25, 0.3) is 0 Å². The first kappa shape index (κ1) is 11.4. The van der Waals surface area contributed by atoms with Gasteiger partial charge in [0.15, 0.2) is 0 Å². The zero-order valence-electron chi connectivity index (χ0n) is 9.17. The fourth-order valence-electron chi connectivity index (χ4n) is 2.35. The molecule has 0 bridgehead atoms. The first-order valence-corrected chi connectivity index (χ1v) is 10.5. The van der Waals surface area contributed by atoms with Crippen LogP contribution in [0.1, 0.15) is 26.2 Å². The van der Waals surface area contributed by atoms with E-state index in [1.807, 2.05) is 0 Å². The van der Waals surface area contributed by atoms with Crippen molar-refractivity contribution in [3.05, 3.63) is 44.2 Å². The quantitative estimate of drug-likeness (QED) is 0.633. The van der Waals surface area contributed by atoms with Gasteiger partial charge in [-0.1, -0.05) is 0 Å². The molecule has 0 aromatic heterocycles. The van der Waals surface area contributed by atoms with E-state index in [4.69, 9.17) is 9.30 Å². The third-order valence-electron chi connectivity index (χ3n) is 3.15. The van der Waals surface area contributed by atoms with Crippen molar-refractivity contribution in [2.45, 2.75) is 30.9 Å². The Labute approximate surface area is 99.6 Å². The van der Waals surface area contributed by atoms with Gasteiger partial charge in [0.2, 0.25) is 0 Å². The van der Waals surface area contributed by atoms with Gasteiger partial charge in [-0.25, -0.2) is 0 Å². The van der Waals surface area contributed by atoms with E-state index in [1.165, 1.54) is 11.1 Å². The Morgan fingerprint density at radius 3 is 2.00 bits per heavy atom. The standard InChI is InChI=1S/2C5H5.C3H7.ClH.Ti/c2*1-2-4-5-3-1;1-3-2;;/h2*1-3H,4H2;1,3H2,2H3;1H;/q;;;;+1/p-1. The summed E-state index contributed by atoms with van der Waals surface area (Å²) in [4.78, 5) is 0. The SMILES string of the molecule is CC[CH2][Ti]([Cl])([C]1=CC=CC1)[C]1=CC=CC1. The molecule has 0 fully saturated rings. The summed E-state index contributed by atoms with van der Waals surface area (Å²) in [6.07, 6.45) is 16.7. The van der Waals surface area contributed by atoms with Crippen molar-refractivity contribution in [2.24, 2.45) is 0 Å². The molecule has 0 heterocycles. The van der Waals surface area contributed by atoms with Crippen LogP contribution in [0.4, 0.5) is 0 Å². The average Bonchev–Trinajstić information content (AvgIpc) is 2.92. The molecule has 0 atom stereocenters. The molecular formula is C13H17ClTi. The summed E-state index contributed by atoms with van der Waals surface area (Å²) in [7, 11) is 7.02. The van der Waals surface area contributed by atoms with Gasteiger partial charge in [-0.15, -0.1) is 0 Å². The summed E-state index contributed by atoms with van der Waals surface area (Å²) < 4.78 is 4.32. The van der Waals surface area contributed by atoms with E-state index < -0.39 is 15.5 Å². The van der Waals surface area contributed by atoms with Crippen molar-refractivity contribution in [1.29, 1.82) is 0 Å². The van der Waals surface area contributed by atoms with E-state index in [2.05, 4.69) is 43.4 Å². The molecule has 0 nitrogen and oxygen atoms in total. The zero-order valence-corrected chi connectivity index (χ0v) is 11.5. The number of hydrogen-bond donors (Lipinski definition) is 0. The van der Waals surface area contributed by atoms with Crippen LogP contribution in [-0.4, -0.2) is 0 Å². The molecule has 80 valence electrons. The van der Waals surface area contributed by atoms with Gasteiger partial charge in [0, 0.05) is 0 Å². The Hall–Kier alpha value is -0.0357. The molecule has 0 aliphatic heterocycles. The summed E-state index contributed by atoms with van der Waals surface area (Å²) in [5.41, 5.74) is 0. The van der Waals surface area contributed by atoms with Crippen molar-refractivity contribution >= 4 is 9.30 Å². The first-order chi connectivity index (χ1) is 7.27. The summed E-state index contributed by atoms with van der Waals surface area (Å²) >= 11 is -2.37. The number of halogens is 1. The van der Waals surface area contributed by atoms with Gasteiger partial charge >= 0.3 is 100.0 Å². The predicted octanol–water partition coefficient (Wildman–Crippen LogP) is 4.81. The van der Waals surface area contributed by atoms with E-state index in [9.17, 15) is 0 Å². The minimum atomic E-state index is -2.37. The van der Waals surface area contributed by atoms with Crippen LogP contribution in [0, 0.1) is 0 Å². The second-order valence-electron chi connectivity index (χ2n) is 4.20. The van der Waals surface area contributed by atoms with Gasteiger partial charge < -0.3 is 0 Å². The monoisotopic (exact) mass is 256 g/mol. The topological polar surface area (TPSA) is 0 Å². The molecule has 2 aliphatic carbocycles. The Bertz CT molecular complexity index is 331. The van der Waals surface area contributed by atoms with E-state index in [1.54, 1.807) is 7.76 Å². The zero-order chi connectivity index (χ0) is 10.7. The minimum absolute atomic E-state index is 1.10. The van der Waals surface area contributed by atoms with Crippen LogP contribution in [-0.2, 0) is 15.5 Å². The van der Waals surface area contributed by atoms with Crippen LogP contribution in [0.15, 0.2) is 44.2 Å². The molecule has 15 heavy (non-hydrogen) atoms. The molecular weight excluding hydrogens is 239 g/mol. The van der Waals surface area contributed by atoms with Crippen molar-refractivity contribution in [1.82, 2.24) is 0 Å². The fourth-order valence-corrected chi connectivity index (χ4v) is 9.52. The first-order valence-electron chi connectivity index (χ1n) is 5.68. The van der Waals surface area contributed by atoms with Gasteiger partial charge in [0.1, 0.15) is 0 Å². The second kappa shape index (κ2) is 4.86. The third kappa shape index (κ3) is 2.23. The number of hydrogen-bond acceptors (Lipinski definition) is 0. The third-order valence-corrected chi connectivity index (χ3v) is 12.1. The van der Waals surface area contributed by atoms with E-state index in [0.717, 1.165) is 12.8 Å². The van der Waals surface area contributed by atoms with Crippen LogP contribution >= 0.6 is 9.30 Å². The maximum absolute atomic E-state index is 7.02. The average molecular weight is 257 g/mol. The van der Waals surface area contributed by atoms with Crippen LogP contribution < -0.4 is 0 Å². The molecule has 2 heteroatoms. The molecule has 0 N–H and O–H groups in total. The normalized spacial score (nSPS) is 19.6. The predicted molar refractivity (Wildman–Crippen MR) is 64.6 cm³/mol. The fraction of sp³-hybridized carbons (Fsp3) is 0.385. The molecule has 0 spiro atoms. The summed E-state index contributed by atoms with van der Waals surface area (Å²) in [6.45, 7) is 2.24. The Morgan fingerprint density at radius 2 is 1.67 bits per heavy atom. The molecule has 2 aliphatic rings. The summed E-state index contributed by atoms with van der Waals surface area (Å²) in [6, 6.07) is 0. The van der Waals surface area contributed by atoms with Crippen LogP contribution in [0.3, 0.4) is 0 Å². The molecule has 0 radical (unpaired) electrons. The Kier molecular flexibility index (Phi) is 3.71. The van der Waals surface area contributed by atoms with Crippen molar-refractivity contribution in [3.63, 3.8) is 0 Å². The molecule has 0 saturated heterocycles. The van der Waals surface area contributed by atoms with Crippen molar-refractivity contribution in [3.8, 4) is 0 Å². The van der Waals surface area contributed by atoms with Crippen molar-refractivity contribution < 1.29 is 15.5 Å². The number of rotatable bonds is 4. The summed E-state index contributed by atoms with van der Waals surface area (Å²) in [5.74, 6) is 0. The Morgan fingerprint density at radius 1 is 1.13 bits per heavy atom. The molecule has 0 unspecified atom stereocenters. The van der Waals surface area contributed by atoms with Gasteiger partial charge in [-0.05, 0) is 0 Å². The van der Waals surface area contributed by atoms with Crippen LogP contribution in [0.2, 0.25) is 4.73 Å². The summed E-state index contributed by atoms with van der Waals surface area (Å²) in [5, 5.41) is 0. The van der Waals surface area contributed by atoms with Gasteiger partial charge in [0.05, 0.1) is 0 Å². The van der Waals surface area contributed by atoms with E-state index >= 15 is 0 Å². The van der Waals surface area contributed by atoms with Gasteiger partial charge in [-0.3, -0.25) is 0 Å². The second-order valence-corrected chi connectivity index (χ2v) is 12.1. The molecule has 0 amide bonds. The van der Waals surface area contributed by atoms with E-state index in [0.29, 0.717) is 0 Å². The Balaban J connectivity index is 2.23. The van der Waals surface area contributed by atoms with Crippen LogP contribution in [0.25, 0.3) is 0 Å². The molecule has 0 saturated carbocycles. The molecule has 2 rings (SSSR count). The van der Waals surface area contributed by atoms with Crippen LogP contribution in [0.5, 0.6) is 0 Å². The van der Waals surface area contributed by atoms with E-state index in [-0.39, 0.29) is 0 Å². The van der Waals surface area contributed by atoms with Gasteiger partial charge in [-0.2, -0.15) is 0 Å².